The monoisotopic (exact) mass is 441 g/mol. The zero-order valence-electron chi connectivity index (χ0n) is 14.6. The summed E-state index contributed by atoms with van der Waals surface area (Å²) in [7, 11) is 1.64. The molecule has 0 radical (unpaired) electrons. The van der Waals surface area contributed by atoms with Crippen LogP contribution in [0, 0.1) is 0 Å². The van der Waals surface area contributed by atoms with E-state index in [9.17, 15) is 4.79 Å². The molecular formula is C20H16BrN3O2S. The van der Waals surface area contributed by atoms with Gasteiger partial charge in [-0.1, -0.05) is 28.1 Å². The molecule has 2 aromatic carbocycles. The topological polar surface area (TPSA) is 54.8 Å². The van der Waals surface area contributed by atoms with Gasteiger partial charge in [-0.15, -0.1) is 11.3 Å². The molecule has 0 spiro atoms. The highest BCUT2D eigenvalue weighted by Crippen LogP contribution is 2.31. The lowest BCUT2D eigenvalue weighted by molar-refractivity contribution is -0.118. The maximum atomic E-state index is 12.4. The van der Waals surface area contributed by atoms with Gasteiger partial charge >= 0.3 is 0 Å². The number of thiazole rings is 1. The van der Waals surface area contributed by atoms with E-state index in [0.29, 0.717) is 18.0 Å². The number of hydrogen-bond donors (Lipinski definition) is 0. The fraction of sp³-hybridized carbons (Fsp3) is 0.150. The Bertz CT molecular complexity index is 997. The zero-order valence-corrected chi connectivity index (χ0v) is 17.0. The van der Waals surface area contributed by atoms with E-state index in [-0.39, 0.29) is 5.91 Å². The highest BCUT2D eigenvalue weighted by Gasteiger charge is 2.25. The van der Waals surface area contributed by atoms with E-state index in [4.69, 9.17) is 4.74 Å². The van der Waals surface area contributed by atoms with E-state index >= 15 is 0 Å². The number of rotatable bonds is 4. The number of benzene rings is 2. The maximum absolute atomic E-state index is 12.4. The first-order chi connectivity index (χ1) is 13.1. The van der Waals surface area contributed by atoms with Crippen LogP contribution in [0.1, 0.15) is 18.4 Å². The average molecular weight is 442 g/mol. The number of nitrogens with zero attached hydrogens (tertiary/aromatic N) is 3. The van der Waals surface area contributed by atoms with Crippen molar-refractivity contribution in [3.63, 3.8) is 0 Å². The quantitative estimate of drug-likeness (QED) is 0.564. The SMILES string of the molecule is COc1ccc(-c2csc(N3N=C(c4ccc(Br)cc4)CCC3=O)n2)cc1. The fourth-order valence-electron chi connectivity index (χ4n) is 2.81. The van der Waals surface area contributed by atoms with Crippen LogP contribution in [-0.4, -0.2) is 23.7 Å². The maximum Gasteiger partial charge on any atom is 0.249 e. The highest BCUT2D eigenvalue weighted by atomic mass is 79.9. The summed E-state index contributed by atoms with van der Waals surface area (Å²) in [6.45, 7) is 0. The zero-order chi connectivity index (χ0) is 18.8. The number of ether oxygens (including phenoxy) is 1. The minimum atomic E-state index is -0.0357. The van der Waals surface area contributed by atoms with Crippen molar-refractivity contribution in [1.82, 2.24) is 4.98 Å². The van der Waals surface area contributed by atoms with Gasteiger partial charge in [0.05, 0.1) is 18.5 Å². The summed E-state index contributed by atoms with van der Waals surface area (Å²) in [5.74, 6) is 0.760. The summed E-state index contributed by atoms with van der Waals surface area (Å²) in [6.07, 6.45) is 1.06. The van der Waals surface area contributed by atoms with Crippen molar-refractivity contribution < 1.29 is 9.53 Å². The van der Waals surface area contributed by atoms with Crippen LogP contribution >= 0.6 is 27.3 Å². The first kappa shape index (κ1) is 17.9. The Balaban J connectivity index is 1.63. The van der Waals surface area contributed by atoms with Crippen molar-refractivity contribution in [1.29, 1.82) is 0 Å². The molecule has 5 nitrogen and oxygen atoms in total. The molecular weight excluding hydrogens is 426 g/mol. The van der Waals surface area contributed by atoms with Crippen LogP contribution in [-0.2, 0) is 4.79 Å². The van der Waals surface area contributed by atoms with Crippen LogP contribution in [0.15, 0.2) is 63.5 Å². The molecule has 136 valence electrons. The molecule has 2 heterocycles. The molecule has 7 heteroatoms. The van der Waals surface area contributed by atoms with Crippen LogP contribution in [0.4, 0.5) is 5.13 Å². The van der Waals surface area contributed by atoms with Gasteiger partial charge in [0.15, 0.2) is 0 Å². The molecule has 0 atom stereocenters. The molecule has 0 bridgehead atoms. The first-order valence-electron chi connectivity index (χ1n) is 8.40. The molecule has 0 aliphatic carbocycles. The molecule has 0 N–H and O–H groups in total. The van der Waals surface area contributed by atoms with Crippen molar-refractivity contribution in [2.24, 2.45) is 5.10 Å². The van der Waals surface area contributed by atoms with Gasteiger partial charge in [-0.3, -0.25) is 4.79 Å². The summed E-state index contributed by atoms with van der Waals surface area (Å²) in [4.78, 5) is 17.0. The van der Waals surface area contributed by atoms with Crippen molar-refractivity contribution in [3.8, 4) is 17.0 Å². The highest BCUT2D eigenvalue weighted by molar-refractivity contribution is 9.10. The number of anilines is 1. The molecule has 0 fully saturated rings. The number of amides is 1. The summed E-state index contributed by atoms with van der Waals surface area (Å²) >= 11 is 4.85. The van der Waals surface area contributed by atoms with Crippen molar-refractivity contribution in [2.75, 3.05) is 12.1 Å². The largest absolute Gasteiger partial charge is 0.497 e. The Morgan fingerprint density at radius 1 is 1.04 bits per heavy atom. The first-order valence-corrected chi connectivity index (χ1v) is 10.1. The second-order valence-corrected chi connectivity index (χ2v) is 7.76. The van der Waals surface area contributed by atoms with Gasteiger partial charge in [0, 0.05) is 28.3 Å². The van der Waals surface area contributed by atoms with Crippen molar-refractivity contribution in [3.05, 3.63) is 63.9 Å². The van der Waals surface area contributed by atoms with E-state index in [0.717, 1.165) is 32.8 Å². The van der Waals surface area contributed by atoms with Crippen LogP contribution < -0.4 is 9.75 Å². The van der Waals surface area contributed by atoms with Gasteiger partial charge in [-0.2, -0.15) is 10.1 Å². The number of carbonyl (C=O) groups is 1. The molecule has 27 heavy (non-hydrogen) atoms. The number of methoxy groups -OCH3 is 1. The van der Waals surface area contributed by atoms with Crippen LogP contribution in [0.3, 0.4) is 0 Å². The smallest absolute Gasteiger partial charge is 0.249 e. The van der Waals surface area contributed by atoms with E-state index in [1.807, 2.05) is 53.9 Å². The van der Waals surface area contributed by atoms with E-state index in [1.54, 1.807) is 7.11 Å². The Labute approximate surface area is 169 Å². The third-order valence-electron chi connectivity index (χ3n) is 4.27. The Kier molecular flexibility index (Phi) is 5.05. The predicted octanol–water partition coefficient (Wildman–Crippen LogP) is 5.11. The van der Waals surface area contributed by atoms with E-state index in [2.05, 4.69) is 26.0 Å². The minimum absolute atomic E-state index is 0.0357. The lowest BCUT2D eigenvalue weighted by Crippen LogP contribution is -2.31. The average Bonchev–Trinajstić information content (AvgIpc) is 3.19. The van der Waals surface area contributed by atoms with Crippen molar-refractivity contribution >= 4 is 44.0 Å². The van der Waals surface area contributed by atoms with Crippen LogP contribution in [0.25, 0.3) is 11.3 Å². The molecule has 1 aromatic heterocycles. The van der Waals surface area contributed by atoms with Crippen LogP contribution in [0.2, 0.25) is 0 Å². The molecule has 1 aliphatic heterocycles. The number of halogens is 1. The molecule has 0 unspecified atom stereocenters. The third-order valence-corrected chi connectivity index (χ3v) is 5.61. The van der Waals surface area contributed by atoms with E-state index in [1.165, 1.54) is 16.3 Å². The van der Waals surface area contributed by atoms with Crippen LogP contribution in [0.5, 0.6) is 5.75 Å². The Morgan fingerprint density at radius 2 is 1.74 bits per heavy atom. The number of carbonyl (C=O) groups excluding carboxylic acids is 1. The van der Waals surface area contributed by atoms with Crippen molar-refractivity contribution in [2.45, 2.75) is 12.8 Å². The van der Waals surface area contributed by atoms with E-state index < -0.39 is 0 Å². The number of aromatic nitrogens is 1. The summed E-state index contributed by atoms with van der Waals surface area (Å²) in [5.41, 5.74) is 3.70. The predicted molar refractivity (Wildman–Crippen MR) is 112 cm³/mol. The van der Waals surface area contributed by atoms with Gasteiger partial charge in [0.25, 0.3) is 0 Å². The second kappa shape index (κ2) is 7.62. The summed E-state index contributed by atoms with van der Waals surface area (Å²) in [6, 6.07) is 15.6. The Hall–Kier alpha value is -2.51. The summed E-state index contributed by atoms with van der Waals surface area (Å²) in [5, 5.41) is 8.53. The van der Waals surface area contributed by atoms with Gasteiger partial charge in [0.1, 0.15) is 5.75 Å². The molecule has 0 saturated carbocycles. The minimum Gasteiger partial charge on any atom is -0.497 e. The lowest BCUT2D eigenvalue weighted by atomic mass is 10.0. The number of hydrazone groups is 1. The van der Waals surface area contributed by atoms with Gasteiger partial charge in [-0.05, 0) is 42.0 Å². The second-order valence-electron chi connectivity index (χ2n) is 6.00. The fourth-order valence-corrected chi connectivity index (χ4v) is 3.87. The Morgan fingerprint density at radius 3 is 2.44 bits per heavy atom. The molecule has 1 amide bonds. The molecule has 1 aliphatic rings. The van der Waals surface area contributed by atoms with Gasteiger partial charge in [-0.25, -0.2) is 4.98 Å². The van der Waals surface area contributed by atoms with Gasteiger partial charge in [0.2, 0.25) is 11.0 Å². The molecule has 0 saturated heterocycles. The molecule has 4 rings (SSSR count). The van der Waals surface area contributed by atoms with Gasteiger partial charge < -0.3 is 4.74 Å². The standard InChI is InChI=1S/C20H16BrN3O2S/c1-26-16-8-4-14(5-9-16)18-12-27-20(22-18)24-19(25)11-10-17(23-24)13-2-6-15(21)7-3-13/h2-9,12H,10-11H2,1H3. The number of hydrogen-bond acceptors (Lipinski definition) is 5. The third kappa shape index (κ3) is 3.79. The lowest BCUT2D eigenvalue weighted by Gasteiger charge is -2.21. The summed E-state index contributed by atoms with van der Waals surface area (Å²) < 4.78 is 6.20. The normalized spacial score (nSPS) is 14.2. The molecule has 3 aromatic rings.